The van der Waals surface area contributed by atoms with Crippen LogP contribution in [0.15, 0.2) is 60.7 Å². The third kappa shape index (κ3) is 4.82. The summed E-state index contributed by atoms with van der Waals surface area (Å²) in [5.41, 5.74) is 0. The predicted octanol–water partition coefficient (Wildman–Crippen LogP) is 3.03. The van der Waals surface area contributed by atoms with Crippen molar-refractivity contribution < 1.29 is 27.8 Å². The van der Waals surface area contributed by atoms with Gasteiger partial charge >= 0.3 is 11.9 Å². The van der Waals surface area contributed by atoms with Crippen LogP contribution >= 0.6 is 0 Å². The third-order valence-corrected chi connectivity index (χ3v) is 2.38. The van der Waals surface area contributed by atoms with Crippen molar-refractivity contribution in [2.75, 3.05) is 0 Å². The lowest BCUT2D eigenvalue weighted by atomic mass is 10.3. The van der Waals surface area contributed by atoms with Crippen molar-refractivity contribution in [1.29, 1.82) is 0 Å². The molecule has 112 valence electrons. The Hall–Kier alpha value is -3.02. The molecule has 0 N–H and O–H groups in total. The number of ether oxygens (including phenoxy) is 2. The van der Waals surface area contributed by atoms with Gasteiger partial charge in [0.2, 0.25) is 0 Å². The Kier molecular flexibility index (Phi) is 4.98. The lowest BCUT2D eigenvalue weighted by Gasteiger charge is -2.01. The number of carbonyl (C=O) groups is 2. The molecule has 22 heavy (non-hydrogen) atoms. The number of esters is 2. The average molecular weight is 304 g/mol. The number of carbonyl (C=O) groups excluding carboxylic acids is 2. The summed E-state index contributed by atoms with van der Waals surface area (Å²) in [7, 11) is 0. The monoisotopic (exact) mass is 304 g/mol. The number of hydrogen-bond acceptors (Lipinski definition) is 4. The van der Waals surface area contributed by atoms with E-state index in [0.29, 0.717) is 0 Å². The first kappa shape index (κ1) is 15.4. The molecule has 0 saturated carbocycles. The molecule has 0 radical (unpaired) electrons. The summed E-state index contributed by atoms with van der Waals surface area (Å²) in [6, 6.07) is 9.97. The van der Waals surface area contributed by atoms with Crippen molar-refractivity contribution in [1.82, 2.24) is 0 Å². The molecular weight excluding hydrogens is 294 g/mol. The summed E-state index contributed by atoms with van der Waals surface area (Å²) in [4.78, 5) is 22.9. The first-order valence-corrected chi connectivity index (χ1v) is 6.16. The summed E-state index contributed by atoms with van der Waals surface area (Å²) in [5.74, 6) is -2.84. The van der Waals surface area contributed by atoms with Gasteiger partial charge in [0.05, 0.1) is 0 Å². The van der Waals surface area contributed by atoms with Crippen molar-refractivity contribution in [3.63, 3.8) is 0 Å². The fourth-order valence-electron chi connectivity index (χ4n) is 1.50. The van der Waals surface area contributed by atoms with Crippen LogP contribution in [-0.4, -0.2) is 11.9 Å². The predicted molar refractivity (Wildman–Crippen MR) is 73.2 cm³/mol. The second-order valence-electron chi connectivity index (χ2n) is 4.09. The minimum Gasteiger partial charge on any atom is -0.423 e. The molecule has 0 unspecified atom stereocenters. The van der Waals surface area contributed by atoms with E-state index in [1.54, 1.807) is 0 Å². The van der Waals surface area contributed by atoms with Crippen molar-refractivity contribution in [3.8, 4) is 11.5 Å². The van der Waals surface area contributed by atoms with E-state index < -0.39 is 23.6 Å². The molecule has 0 fully saturated rings. The Balaban J connectivity index is 1.90. The normalized spacial score (nSPS) is 10.5. The SMILES string of the molecule is O=C(/C=C/C(=O)Oc1cccc(F)c1)Oc1cccc(F)c1. The van der Waals surface area contributed by atoms with Gasteiger partial charge in [0.25, 0.3) is 0 Å². The van der Waals surface area contributed by atoms with Crippen LogP contribution in [0.5, 0.6) is 11.5 Å². The largest absolute Gasteiger partial charge is 0.423 e. The fourth-order valence-corrected chi connectivity index (χ4v) is 1.50. The highest BCUT2D eigenvalue weighted by atomic mass is 19.1. The third-order valence-electron chi connectivity index (χ3n) is 2.38. The number of hydrogen-bond donors (Lipinski definition) is 0. The van der Waals surface area contributed by atoms with Gasteiger partial charge < -0.3 is 9.47 Å². The molecule has 0 bridgehead atoms. The molecule has 0 amide bonds. The Morgan fingerprint density at radius 3 is 1.55 bits per heavy atom. The Bertz CT molecular complexity index is 664. The Morgan fingerprint density at radius 2 is 1.18 bits per heavy atom. The number of halogens is 2. The maximum absolute atomic E-state index is 12.9. The second-order valence-corrected chi connectivity index (χ2v) is 4.09. The second kappa shape index (κ2) is 7.12. The molecule has 0 saturated heterocycles. The quantitative estimate of drug-likeness (QED) is 0.495. The molecule has 6 heteroatoms. The topological polar surface area (TPSA) is 52.6 Å². The summed E-state index contributed by atoms with van der Waals surface area (Å²) in [6.45, 7) is 0. The first-order chi connectivity index (χ1) is 10.5. The summed E-state index contributed by atoms with van der Waals surface area (Å²) >= 11 is 0. The molecule has 0 aromatic heterocycles. The van der Waals surface area contributed by atoms with E-state index in [9.17, 15) is 18.4 Å². The summed E-state index contributed by atoms with van der Waals surface area (Å²) < 4.78 is 35.3. The molecule has 0 aliphatic carbocycles. The van der Waals surface area contributed by atoms with Gasteiger partial charge in [-0.25, -0.2) is 18.4 Å². The highest BCUT2D eigenvalue weighted by molar-refractivity contribution is 5.93. The molecule has 0 aliphatic heterocycles. The van der Waals surface area contributed by atoms with Crippen LogP contribution < -0.4 is 9.47 Å². The van der Waals surface area contributed by atoms with Gasteiger partial charge in [0.15, 0.2) is 0 Å². The van der Waals surface area contributed by atoms with Gasteiger partial charge in [-0.15, -0.1) is 0 Å². The van der Waals surface area contributed by atoms with Gasteiger partial charge in [-0.1, -0.05) is 12.1 Å². The summed E-state index contributed by atoms with van der Waals surface area (Å²) in [6.07, 6.45) is 1.65. The van der Waals surface area contributed by atoms with E-state index in [0.717, 1.165) is 24.3 Å². The number of benzene rings is 2. The van der Waals surface area contributed by atoms with E-state index in [2.05, 4.69) is 0 Å². The van der Waals surface area contributed by atoms with Crippen LogP contribution in [0.1, 0.15) is 0 Å². The van der Waals surface area contributed by atoms with Crippen LogP contribution in [-0.2, 0) is 9.59 Å². The molecule has 2 aromatic rings. The molecule has 0 atom stereocenters. The minimum absolute atomic E-state index is 0.00754. The zero-order chi connectivity index (χ0) is 15.9. The van der Waals surface area contributed by atoms with Crippen LogP contribution in [0.25, 0.3) is 0 Å². The molecular formula is C16H10F2O4. The minimum atomic E-state index is -0.873. The van der Waals surface area contributed by atoms with Gasteiger partial charge in [0.1, 0.15) is 23.1 Å². The summed E-state index contributed by atoms with van der Waals surface area (Å²) in [5, 5.41) is 0. The standard InChI is InChI=1S/C16H10F2O4/c17-11-3-1-5-13(9-11)21-15(19)7-8-16(20)22-14-6-2-4-12(18)10-14/h1-10H/b8-7+. The molecule has 4 nitrogen and oxygen atoms in total. The van der Waals surface area contributed by atoms with E-state index in [4.69, 9.17) is 9.47 Å². The van der Waals surface area contributed by atoms with Gasteiger partial charge in [-0.3, -0.25) is 0 Å². The van der Waals surface area contributed by atoms with Crippen molar-refractivity contribution in [2.24, 2.45) is 0 Å². The highest BCUT2D eigenvalue weighted by Gasteiger charge is 2.05. The lowest BCUT2D eigenvalue weighted by molar-refractivity contribution is -0.131. The Morgan fingerprint density at radius 1 is 0.773 bits per heavy atom. The van der Waals surface area contributed by atoms with Crippen LogP contribution in [0.4, 0.5) is 8.78 Å². The molecule has 0 heterocycles. The maximum atomic E-state index is 12.9. The Labute approximate surface area is 124 Å². The fraction of sp³-hybridized carbons (Fsp3) is 0. The smallest absolute Gasteiger partial charge is 0.336 e. The molecule has 2 aromatic carbocycles. The van der Waals surface area contributed by atoms with Gasteiger partial charge in [0, 0.05) is 24.3 Å². The molecule has 2 rings (SSSR count). The van der Waals surface area contributed by atoms with Crippen molar-refractivity contribution in [2.45, 2.75) is 0 Å². The average Bonchev–Trinajstić information content (AvgIpc) is 2.45. The zero-order valence-corrected chi connectivity index (χ0v) is 11.2. The van der Waals surface area contributed by atoms with E-state index >= 15 is 0 Å². The maximum Gasteiger partial charge on any atom is 0.336 e. The van der Waals surface area contributed by atoms with E-state index in [-0.39, 0.29) is 11.5 Å². The van der Waals surface area contributed by atoms with Crippen LogP contribution in [0.3, 0.4) is 0 Å². The number of rotatable bonds is 4. The van der Waals surface area contributed by atoms with Crippen LogP contribution in [0.2, 0.25) is 0 Å². The van der Waals surface area contributed by atoms with E-state index in [1.165, 1.54) is 36.4 Å². The molecule has 0 spiro atoms. The lowest BCUT2D eigenvalue weighted by Crippen LogP contribution is -2.08. The molecule has 0 aliphatic rings. The van der Waals surface area contributed by atoms with Crippen molar-refractivity contribution in [3.05, 3.63) is 72.3 Å². The van der Waals surface area contributed by atoms with E-state index in [1.807, 2.05) is 0 Å². The van der Waals surface area contributed by atoms with Crippen LogP contribution in [0, 0.1) is 11.6 Å². The first-order valence-electron chi connectivity index (χ1n) is 6.16. The zero-order valence-electron chi connectivity index (χ0n) is 11.2. The highest BCUT2D eigenvalue weighted by Crippen LogP contribution is 2.13. The van der Waals surface area contributed by atoms with Gasteiger partial charge in [-0.05, 0) is 24.3 Å². The van der Waals surface area contributed by atoms with Gasteiger partial charge in [-0.2, -0.15) is 0 Å². The van der Waals surface area contributed by atoms with Crippen molar-refractivity contribution >= 4 is 11.9 Å².